The zero-order valence-corrected chi connectivity index (χ0v) is 10.6. The molecule has 6 heteroatoms. The highest BCUT2D eigenvalue weighted by Crippen LogP contribution is 2.21. The van der Waals surface area contributed by atoms with Crippen LogP contribution in [0, 0.1) is 17.0 Å². The third kappa shape index (κ3) is 2.78. The predicted octanol–water partition coefficient (Wildman–Crippen LogP) is 1.71. The first-order valence-corrected chi connectivity index (χ1v) is 6.05. The molecule has 2 rings (SSSR count). The van der Waals surface area contributed by atoms with E-state index >= 15 is 0 Å². The van der Waals surface area contributed by atoms with Crippen molar-refractivity contribution in [2.45, 2.75) is 19.8 Å². The maximum absolute atomic E-state index is 12.2. The summed E-state index contributed by atoms with van der Waals surface area (Å²) in [6, 6.07) is 4.45. The van der Waals surface area contributed by atoms with E-state index in [9.17, 15) is 19.7 Å². The number of aryl methyl sites for hydroxylation is 1. The lowest BCUT2D eigenvalue weighted by atomic mass is 10.1. The lowest BCUT2D eigenvalue weighted by Crippen LogP contribution is -2.38. The van der Waals surface area contributed by atoms with Crippen LogP contribution in [0.3, 0.4) is 0 Å². The number of nitro benzene ring substituents is 1. The molecular weight excluding hydrogens is 248 g/mol. The van der Waals surface area contributed by atoms with Crippen molar-refractivity contribution in [3.63, 3.8) is 0 Å². The van der Waals surface area contributed by atoms with Gasteiger partial charge >= 0.3 is 0 Å². The first-order chi connectivity index (χ1) is 8.99. The fraction of sp³-hybridized carbons (Fsp3) is 0.385. The number of hydrogen-bond donors (Lipinski definition) is 0. The van der Waals surface area contributed by atoms with E-state index in [1.165, 1.54) is 6.07 Å². The van der Waals surface area contributed by atoms with Gasteiger partial charge in [0.2, 0.25) is 0 Å². The Morgan fingerprint density at radius 3 is 2.53 bits per heavy atom. The monoisotopic (exact) mass is 262 g/mol. The number of likely N-dealkylation sites (tertiary alicyclic amines) is 1. The number of benzene rings is 1. The largest absolute Gasteiger partial charge is 0.338 e. The summed E-state index contributed by atoms with van der Waals surface area (Å²) in [4.78, 5) is 35.2. The highest BCUT2D eigenvalue weighted by atomic mass is 16.6. The van der Waals surface area contributed by atoms with Gasteiger partial charge in [-0.1, -0.05) is 6.07 Å². The molecule has 1 aliphatic rings. The van der Waals surface area contributed by atoms with Crippen molar-refractivity contribution in [2.75, 3.05) is 13.1 Å². The first kappa shape index (κ1) is 13.2. The standard InChI is InChI=1S/C13H14N2O4/c1-9-2-3-10(8-12(9)15(18)19)13(17)14-6-4-11(16)5-7-14/h2-3,8H,4-7H2,1H3. The van der Waals surface area contributed by atoms with Gasteiger partial charge in [0.15, 0.2) is 0 Å². The Morgan fingerprint density at radius 1 is 1.32 bits per heavy atom. The minimum absolute atomic E-state index is 0.0565. The Bertz CT molecular complexity index is 544. The highest BCUT2D eigenvalue weighted by Gasteiger charge is 2.23. The van der Waals surface area contributed by atoms with E-state index in [1.807, 2.05) is 0 Å². The summed E-state index contributed by atoms with van der Waals surface area (Å²) in [6.45, 7) is 2.41. The molecule has 19 heavy (non-hydrogen) atoms. The second-order valence-corrected chi connectivity index (χ2v) is 4.59. The van der Waals surface area contributed by atoms with Crippen LogP contribution in [0.2, 0.25) is 0 Å². The summed E-state index contributed by atoms with van der Waals surface area (Å²) in [5.74, 6) is -0.102. The van der Waals surface area contributed by atoms with Gasteiger partial charge in [-0.3, -0.25) is 19.7 Å². The van der Waals surface area contributed by atoms with Crippen LogP contribution in [0.5, 0.6) is 0 Å². The van der Waals surface area contributed by atoms with Gasteiger partial charge in [-0.15, -0.1) is 0 Å². The van der Waals surface area contributed by atoms with Crippen LogP contribution in [0.25, 0.3) is 0 Å². The Balaban J connectivity index is 2.22. The maximum Gasteiger partial charge on any atom is 0.273 e. The van der Waals surface area contributed by atoms with Gasteiger partial charge in [0.1, 0.15) is 5.78 Å². The number of hydrogen-bond acceptors (Lipinski definition) is 4. The van der Waals surface area contributed by atoms with Gasteiger partial charge in [0.25, 0.3) is 11.6 Å². The number of carbonyl (C=O) groups is 2. The van der Waals surface area contributed by atoms with Gasteiger partial charge in [0.05, 0.1) is 4.92 Å². The molecule has 6 nitrogen and oxygen atoms in total. The van der Waals surface area contributed by atoms with E-state index < -0.39 is 4.92 Å². The number of carbonyl (C=O) groups excluding carboxylic acids is 2. The lowest BCUT2D eigenvalue weighted by molar-refractivity contribution is -0.385. The van der Waals surface area contributed by atoms with E-state index in [2.05, 4.69) is 0 Å². The number of Topliss-reactive ketones (excluding diaryl/α,β-unsaturated/α-hetero) is 1. The molecular formula is C13H14N2O4. The van der Waals surface area contributed by atoms with Crippen LogP contribution < -0.4 is 0 Å². The van der Waals surface area contributed by atoms with Gasteiger partial charge in [-0.25, -0.2) is 0 Å². The molecule has 0 saturated carbocycles. The molecule has 1 amide bonds. The fourth-order valence-corrected chi connectivity index (χ4v) is 2.08. The van der Waals surface area contributed by atoms with Gasteiger partial charge in [-0.05, 0) is 13.0 Å². The van der Waals surface area contributed by atoms with E-state index in [-0.39, 0.29) is 17.4 Å². The number of nitro groups is 1. The molecule has 1 aromatic rings. The highest BCUT2D eigenvalue weighted by molar-refractivity contribution is 5.96. The zero-order valence-electron chi connectivity index (χ0n) is 10.6. The van der Waals surface area contributed by atoms with Crippen LogP contribution in [0.4, 0.5) is 5.69 Å². The van der Waals surface area contributed by atoms with E-state index in [1.54, 1.807) is 24.0 Å². The van der Waals surface area contributed by atoms with E-state index in [0.717, 1.165) is 0 Å². The first-order valence-electron chi connectivity index (χ1n) is 6.05. The number of piperidine rings is 1. The minimum atomic E-state index is -0.494. The van der Waals surface area contributed by atoms with Crippen molar-refractivity contribution in [1.82, 2.24) is 4.90 Å². The second kappa shape index (κ2) is 5.17. The maximum atomic E-state index is 12.2. The van der Waals surface area contributed by atoms with Gasteiger partial charge < -0.3 is 4.90 Å². The smallest absolute Gasteiger partial charge is 0.273 e. The van der Waals surface area contributed by atoms with Crippen molar-refractivity contribution in [1.29, 1.82) is 0 Å². The SMILES string of the molecule is Cc1ccc(C(=O)N2CCC(=O)CC2)cc1[N+](=O)[O-]. The molecule has 100 valence electrons. The topological polar surface area (TPSA) is 80.5 Å². The number of nitrogens with zero attached hydrogens (tertiary/aromatic N) is 2. The molecule has 1 aromatic carbocycles. The van der Waals surface area contributed by atoms with Gasteiger partial charge in [-0.2, -0.15) is 0 Å². The van der Waals surface area contributed by atoms with Crippen LogP contribution in [-0.4, -0.2) is 34.6 Å². The van der Waals surface area contributed by atoms with Gasteiger partial charge in [0, 0.05) is 43.1 Å². The molecule has 0 atom stereocenters. The van der Waals surface area contributed by atoms with Crippen LogP contribution in [0.1, 0.15) is 28.8 Å². The van der Waals surface area contributed by atoms with E-state index in [0.29, 0.717) is 37.1 Å². The van der Waals surface area contributed by atoms with E-state index in [4.69, 9.17) is 0 Å². The van der Waals surface area contributed by atoms with Crippen molar-refractivity contribution >= 4 is 17.4 Å². The molecule has 0 unspecified atom stereocenters. The molecule has 0 N–H and O–H groups in total. The Labute approximate surface area is 110 Å². The lowest BCUT2D eigenvalue weighted by Gasteiger charge is -2.26. The third-order valence-corrected chi connectivity index (χ3v) is 3.26. The Hall–Kier alpha value is -2.24. The number of amides is 1. The summed E-state index contributed by atoms with van der Waals surface area (Å²) >= 11 is 0. The summed E-state index contributed by atoms with van der Waals surface area (Å²) in [5, 5.41) is 10.9. The minimum Gasteiger partial charge on any atom is -0.338 e. The van der Waals surface area contributed by atoms with Crippen molar-refractivity contribution in [2.24, 2.45) is 0 Å². The molecule has 1 saturated heterocycles. The molecule has 0 aromatic heterocycles. The zero-order chi connectivity index (χ0) is 14.0. The van der Waals surface area contributed by atoms with Crippen LogP contribution in [-0.2, 0) is 4.79 Å². The molecule has 0 spiro atoms. The quantitative estimate of drug-likeness (QED) is 0.600. The second-order valence-electron chi connectivity index (χ2n) is 4.59. The number of rotatable bonds is 2. The van der Waals surface area contributed by atoms with Crippen molar-refractivity contribution < 1.29 is 14.5 Å². The van der Waals surface area contributed by atoms with Crippen LogP contribution in [0.15, 0.2) is 18.2 Å². The average Bonchev–Trinajstić information content (AvgIpc) is 2.39. The summed E-state index contributed by atoms with van der Waals surface area (Å²) in [5.41, 5.74) is 0.765. The summed E-state index contributed by atoms with van der Waals surface area (Å²) < 4.78 is 0. The Morgan fingerprint density at radius 2 is 1.95 bits per heavy atom. The molecule has 0 radical (unpaired) electrons. The molecule has 1 fully saturated rings. The predicted molar refractivity (Wildman–Crippen MR) is 68.0 cm³/mol. The third-order valence-electron chi connectivity index (χ3n) is 3.26. The van der Waals surface area contributed by atoms with Crippen LogP contribution >= 0.6 is 0 Å². The molecule has 0 bridgehead atoms. The summed E-state index contributed by atoms with van der Waals surface area (Å²) in [6.07, 6.45) is 0.722. The fourth-order valence-electron chi connectivity index (χ4n) is 2.08. The Kier molecular flexibility index (Phi) is 3.59. The normalized spacial score (nSPS) is 15.4. The van der Waals surface area contributed by atoms with Crippen molar-refractivity contribution in [3.05, 3.63) is 39.4 Å². The average molecular weight is 262 g/mol. The molecule has 0 aliphatic carbocycles. The molecule has 1 heterocycles. The summed E-state index contributed by atoms with van der Waals surface area (Å²) in [7, 11) is 0. The molecule has 1 aliphatic heterocycles. The number of ketones is 1. The van der Waals surface area contributed by atoms with Crippen molar-refractivity contribution in [3.8, 4) is 0 Å².